The van der Waals surface area contributed by atoms with Gasteiger partial charge in [0.05, 0.1) is 5.56 Å². The largest absolute Gasteiger partial charge is 0.452 e. The highest BCUT2D eigenvalue weighted by Crippen LogP contribution is 2.18. The van der Waals surface area contributed by atoms with Gasteiger partial charge in [-0.25, -0.2) is 4.79 Å². The molecule has 2 amide bonds. The van der Waals surface area contributed by atoms with Crippen molar-refractivity contribution >= 4 is 35.1 Å². The van der Waals surface area contributed by atoms with Gasteiger partial charge in [-0.3, -0.25) is 20.4 Å². The first kappa shape index (κ1) is 14.8. The van der Waals surface area contributed by atoms with Crippen molar-refractivity contribution in [2.45, 2.75) is 6.92 Å². The number of benzene rings is 1. The number of halogens is 1. The van der Waals surface area contributed by atoms with E-state index in [2.05, 4.69) is 5.43 Å². The predicted octanol–water partition coefficient (Wildman–Crippen LogP) is 0.246. The molecule has 1 aromatic rings. The zero-order valence-corrected chi connectivity index (χ0v) is 10.8. The van der Waals surface area contributed by atoms with Crippen LogP contribution in [0.5, 0.6) is 0 Å². The molecule has 102 valence electrons. The van der Waals surface area contributed by atoms with Gasteiger partial charge >= 0.3 is 5.97 Å². The van der Waals surface area contributed by atoms with Crippen LogP contribution in [0.2, 0.25) is 5.02 Å². The van der Waals surface area contributed by atoms with Crippen LogP contribution >= 0.6 is 11.6 Å². The molecule has 0 atom stereocenters. The molecule has 0 aromatic heterocycles. The number of anilines is 1. The van der Waals surface area contributed by atoms with Gasteiger partial charge < -0.3 is 10.5 Å². The molecule has 4 N–H and O–H groups in total. The maximum Gasteiger partial charge on any atom is 0.340 e. The van der Waals surface area contributed by atoms with Gasteiger partial charge in [0.2, 0.25) is 5.91 Å². The smallest absolute Gasteiger partial charge is 0.340 e. The third-order valence-electron chi connectivity index (χ3n) is 1.95. The van der Waals surface area contributed by atoms with Crippen molar-refractivity contribution in [1.82, 2.24) is 10.9 Å². The summed E-state index contributed by atoms with van der Waals surface area (Å²) in [6.45, 7) is 0.682. The minimum absolute atomic E-state index is 0.108. The Balaban J connectivity index is 2.51. The Morgan fingerprint density at radius 3 is 2.58 bits per heavy atom. The van der Waals surface area contributed by atoms with Crippen LogP contribution in [-0.4, -0.2) is 24.4 Å². The number of hydrogen-bond acceptors (Lipinski definition) is 5. The van der Waals surface area contributed by atoms with Crippen LogP contribution in [-0.2, 0) is 14.3 Å². The molecule has 19 heavy (non-hydrogen) atoms. The van der Waals surface area contributed by atoms with E-state index in [0.717, 1.165) is 0 Å². The van der Waals surface area contributed by atoms with E-state index in [1.807, 2.05) is 5.43 Å². The van der Waals surface area contributed by atoms with E-state index in [9.17, 15) is 14.4 Å². The maximum absolute atomic E-state index is 11.6. The number of hydrazine groups is 1. The van der Waals surface area contributed by atoms with E-state index in [1.165, 1.54) is 25.1 Å². The molecule has 0 saturated carbocycles. The monoisotopic (exact) mass is 285 g/mol. The molecule has 0 bridgehead atoms. The van der Waals surface area contributed by atoms with Crippen LogP contribution in [0.3, 0.4) is 0 Å². The third-order valence-corrected chi connectivity index (χ3v) is 2.18. The summed E-state index contributed by atoms with van der Waals surface area (Å²) in [5.41, 5.74) is 9.95. The maximum atomic E-state index is 11.6. The Morgan fingerprint density at radius 2 is 2.00 bits per heavy atom. The van der Waals surface area contributed by atoms with Crippen LogP contribution in [0.4, 0.5) is 5.69 Å². The van der Waals surface area contributed by atoms with E-state index in [4.69, 9.17) is 22.1 Å². The molecule has 0 aliphatic rings. The lowest BCUT2D eigenvalue weighted by Crippen LogP contribution is -2.42. The molecule has 0 radical (unpaired) electrons. The SMILES string of the molecule is CC(=O)NNC(=O)COC(=O)c1ccc(Cl)cc1N. The van der Waals surface area contributed by atoms with Crippen molar-refractivity contribution in [1.29, 1.82) is 0 Å². The number of nitrogen functional groups attached to an aromatic ring is 1. The third kappa shape index (κ3) is 4.84. The zero-order chi connectivity index (χ0) is 14.4. The Labute approximate surface area is 114 Å². The van der Waals surface area contributed by atoms with Gasteiger partial charge in [0, 0.05) is 17.6 Å². The topological polar surface area (TPSA) is 111 Å². The molecule has 0 spiro atoms. The molecule has 0 heterocycles. The summed E-state index contributed by atoms with van der Waals surface area (Å²) >= 11 is 5.68. The molecule has 0 aliphatic carbocycles. The van der Waals surface area contributed by atoms with E-state index in [-0.39, 0.29) is 11.3 Å². The van der Waals surface area contributed by atoms with Gasteiger partial charge in [-0.1, -0.05) is 11.6 Å². The molecule has 7 nitrogen and oxygen atoms in total. The van der Waals surface area contributed by atoms with E-state index in [0.29, 0.717) is 5.02 Å². The number of hydrogen-bond donors (Lipinski definition) is 3. The van der Waals surface area contributed by atoms with Crippen molar-refractivity contribution in [3.63, 3.8) is 0 Å². The number of amides is 2. The normalized spacial score (nSPS) is 9.58. The lowest BCUT2D eigenvalue weighted by atomic mass is 10.2. The predicted molar refractivity (Wildman–Crippen MR) is 68.1 cm³/mol. The van der Waals surface area contributed by atoms with E-state index in [1.54, 1.807) is 0 Å². The first-order valence-electron chi connectivity index (χ1n) is 5.17. The summed E-state index contributed by atoms with van der Waals surface area (Å²) in [5.74, 6) is -1.87. The van der Waals surface area contributed by atoms with Gasteiger partial charge in [-0.2, -0.15) is 0 Å². The van der Waals surface area contributed by atoms with Crippen molar-refractivity contribution < 1.29 is 19.1 Å². The minimum atomic E-state index is -0.757. The number of rotatable bonds is 3. The molecule has 0 unspecified atom stereocenters. The molecule has 1 aromatic carbocycles. The highest BCUT2D eigenvalue weighted by Gasteiger charge is 2.13. The first-order valence-corrected chi connectivity index (χ1v) is 5.55. The van der Waals surface area contributed by atoms with Crippen LogP contribution in [0.1, 0.15) is 17.3 Å². The Bertz CT molecular complexity index is 519. The van der Waals surface area contributed by atoms with Gasteiger partial charge in [-0.05, 0) is 18.2 Å². The Hall–Kier alpha value is -2.28. The summed E-state index contributed by atoms with van der Waals surface area (Å²) in [6, 6.07) is 4.27. The summed E-state index contributed by atoms with van der Waals surface area (Å²) in [4.78, 5) is 33.3. The fraction of sp³-hybridized carbons (Fsp3) is 0.182. The van der Waals surface area contributed by atoms with Crippen LogP contribution in [0.25, 0.3) is 0 Å². The Morgan fingerprint density at radius 1 is 1.32 bits per heavy atom. The van der Waals surface area contributed by atoms with Crippen molar-refractivity contribution in [2.24, 2.45) is 0 Å². The minimum Gasteiger partial charge on any atom is -0.452 e. The molecule has 8 heteroatoms. The van der Waals surface area contributed by atoms with Crippen LogP contribution < -0.4 is 16.6 Å². The molecule has 1 rings (SSSR count). The number of nitrogens with two attached hydrogens (primary N) is 1. The lowest BCUT2D eigenvalue weighted by Gasteiger charge is -2.08. The molecule has 0 saturated heterocycles. The molecule has 0 aliphatic heterocycles. The zero-order valence-electron chi connectivity index (χ0n) is 10.0. The first-order chi connectivity index (χ1) is 8.90. The highest BCUT2D eigenvalue weighted by atomic mass is 35.5. The summed E-state index contributed by atoms with van der Waals surface area (Å²) in [6.07, 6.45) is 0. The van der Waals surface area contributed by atoms with Gasteiger partial charge in [0.1, 0.15) is 0 Å². The van der Waals surface area contributed by atoms with E-state index < -0.39 is 24.4 Å². The van der Waals surface area contributed by atoms with E-state index >= 15 is 0 Å². The second-order valence-corrected chi connectivity index (χ2v) is 3.97. The van der Waals surface area contributed by atoms with Crippen molar-refractivity contribution in [3.8, 4) is 0 Å². The van der Waals surface area contributed by atoms with Crippen LogP contribution in [0, 0.1) is 0 Å². The number of esters is 1. The van der Waals surface area contributed by atoms with Crippen LogP contribution in [0.15, 0.2) is 18.2 Å². The average molecular weight is 286 g/mol. The molecule has 0 fully saturated rings. The van der Waals surface area contributed by atoms with Crippen molar-refractivity contribution in [2.75, 3.05) is 12.3 Å². The molecular formula is C11H12ClN3O4. The second kappa shape index (κ2) is 6.60. The molecular weight excluding hydrogens is 274 g/mol. The fourth-order valence-electron chi connectivity index (χ4n) is 1.12. The quantitative estimate of drug-likeness (QED) is 0.419. The average Bonchev–Trinajstić information content (AvgIpc) is 2.33. The number of ether oxygens (including phenoxy) is 1. The summed E-state index contributed by atoms with van der Waals surface area (Å²) < 4.78 is 4.72. The lowest BCUT2D eigenvalue weighted by molar-refractivity contribution is -0.129. The standard InChI is InChI=1S/C11H12ClN3O4/c1-6(16)14-15-10(17)5-19-11(18)8-3-2-7(12)4-9(8)13/h2-4H,5,13H2,1H3,(H,14,16)(H,15,17). The highest BCUT2D eigenvalue weighted by molar-refractivity contribution is 6.31. The number of carbonyl (C=O) groups excluding carboxylic acids is 3. The van der Waals surface area contributed by atoms with Gasteiger partial charge in [0.25, 0.3) is 5.91 Å². The Kier molecular flexibility index (Phi) is 5.13. The van der Waals surface area contributed by atoms with Gasteiger partial charge in [0.15, 0.2) is 6.61 Å². The van der Waals surface area contributed by atoms with Gasteiger partial charge in [-0.15, -0.1) is 0 Å². The number of carbonyl (C=O) groups is 3. The fourth-order valence-corrected chi connectivity index (χ4v) is 1.30. The number of nitrogens with one attached hydrogen (secondary N) is 2. The summed E-state index contributed by atoms with van der Waals surface area (Å²) in [5, 5.41) is 0.387. The second-order valence-electron chi connectivity index (χ2n) is 3.54. The van der Waals surface area contributed by atoms with Crippen molar-refractivity contribution in [3.05, 3.63) is 28.8 Å². The summed E-state index contributed by atoms with van der Waals surface area (Å²) in [7, 11) is 0.